The molecule has 0 bridgehead atoms. The van der Waals surface area contributed by atoms with Crippen LogP contribution >= 0.6 is 0 Å². The van der Waals surface area contributed by atoms with Crippen LogP contribution in [0.2, 0.25) is 0 Å². The predicted octanol–water partition coefficient (Wildman–Crippen LogP) is 3.31. The zero-order chi connectivity index (χ0) is 14.7. The third-order valence-electron chi connectivity index (χ3n) is 3.54. The van der Waals surface area contributed by atoms with Gasteiger partial charge < -0.3 is 9.47 Å². The Labute approximate surface area is 123 Å². The maximum atomic E-state index is 11.7. The number of rotatable bonds is 5. The summed E-state index contributed by atoms with van der Waals surface area (Å²) in [6.07, 6.45) is 7.16. The molecular formula is C18H16O3. The number of esters is 1. The third kappa shape index (κ3) is 3.00. The highest BCUT2D eigenvalue weighted by molar-refractivity contribution is 5.89. The van der Waals surface area contributed by atoms with Crippen molar-refractivity contribution in [3.63, 3.8) is 0 Å². The third-order valence-corrected chi connectivity index (χ3v) is 3.54. The first-order chi connectivity index (χ1) is 10.3. The van der Waals surface area contributed by atoms with E-state index in [0.29, 0.717) is 5.75 Å². The van der Waals surface area contributed by atoms with Crippen molar-refractivity contribution in [3.05, 3.63) is 42.0 Å². The maximum absolute atomic E-state index is 11.7. The highest BCUT2D eigenvalue weighted by atomic mass is 16.5. The topological polar surface area (TPSA) is 35.5 Å². The van der Waals surface area contributed by atoms with E-state index < -0.39 is 0 Å². The largest absolute Gasteiger partial charge is 0.480 e. The Balaban J connectivity index is 1.88. The molecule has 1 aliphatic carbocycles. The van der Waals surface area contributed by atoms with Gasteiger partial charge in [0, 0.05) is 10.9 Å². The van der Waals surface area contributed by atoms with E-state index in [4.69, 9.17) is 15.9 Å². The van der Waals surface area contributed by atoms with E-state index in [2.05, 4.69) is 5.92 Å². The summed E-state index contributed by atoms with van der Waals surface area (Å²) < 4.78 is 11.0. The molecule has 0 aromatic heterocycles. The molecule has 1 saturated carbocycles. The van der Waals surface area contributed by atoms with Gasteiger partial charge in [0.05, 0.1) is 5.92 Å². The first kappa shape index (κ1) is 13.5. The summed E-state index contributed by atoms with van der Waals surface area (Å²) in [4.78, 5) is 11.7. The van der Waals surface area contributed by atoms with Gasteiger partial charge in [0.2, 0.25) is 0 Å². The van der Waals surface area contributed by atoms with E-state index in [9.17, 15) is 4.79 Å². The van der Waals surface area contributed by atoms with Gasteiger partial charge in [-0.1, -0.05) is 42.3 Å². The SMILES string of the molecule is C#CCOc1c(COC(=O)C2CC2)ccc2ccccc12. The van der Waals surface area contributed by atoms with E-state index >= 15 is 0 Å². The Bertz CT molecular complexity index is 708. The van der Waals surface area contributed by atoms with Crippen LogP contribution < -0.4 is 4.74 Å². The van der Waals surface area contributed by atoms with Crippen LogP contribution in [0.1, 0.15) is 18.4 Å². The van der Waals surface area contributed by atoms with Gasteiger partial charge in [-0.3, -0.25) is 4.79 Å². The molecule has 0 aliphatic heterocycles. The second kappa shape index (κ2) is 5.88. The van der Waals surface area contributed by atoms with E-state index in [1.807, 2.05) is 36.4 Å². The predicted molar refractivity (Wildman–Crippen MR) is 80.8 cm³/mol. The molecule has 2 aromatic carbocycles. The fraction of sp³-hybridized carbons (Fsp3) is 0.278. The average molecular weight is 280 g/mol. The molecule has 3 heteroatoms. The molecule has 3 rings (SSSR count). The molecule has 106 valence electrons. The number of benzene rings is 2. The number of terminal acetylenes is 1. The number of hydrogen-bond donors (Lipinski definition) is 0. The quantitative estimate of drug-likeness (QED) is 0.622. The second-order valence-corrected chi connectivity index (χ2v) is 5.15. The summed E-state index contributed by atoms with van der Waals surface area (Å²) in [5.74, 6) is 3.15. The van der Waals surface area contributed by atoms with Crippen molar-refractivity contribution in [1.82, 2.24) is 0 Å². The lowest BCUT2D eigenvalue weighted by molar-refractivity contribution is -0.146. The first-order valence-electron chi connectivity index (χ1n) is 7.03. The van der Waals surface area contributed by atoms with Crippen LogP contribution in [0, 0.1) is 18.3 Å². The van der Waals surface area contributed by atoms with E-state index in [1.165, 1.54) is 0 Å². The molecule has 1 fully saturated rings. The summed E-state index contributed by atoms with van der Waals surface area (Å²) in [5.41, 5.74) is 0.845. The van der Waals surface area contributed by atoms with E-state index in [-0.39, 0.29) is 25.1 Å². The van der Waals surface area contributed by atoms with Crippen molar-refractivity contribution in [1.29, 1.82) is 0 Å². The minimum absolute atomic E-state index is 0.0977. The highest BCUT2D eigenvalue weighted by Crippen LogP contribution is 2.33. The van der Waals surface area contributed by atoms with Crippen LogP contribution in [0.25, 0.3) is 10.8 Å². The Kier molecular flexibility index (Phi) is 3.79. The van der Waals surface area contributed by atoms with Gasteiger partial charge in [-0.2, -0.15) is 0 Å². The van der Waals surface area contributed by atoms with Crippen LogP contribution in [0.5, 0.6) is 5.75 Å². The fourth-order valence-corrected chi connectivity index (χ4v) is 2.27. The van der Waals surface area contributed by atoms with Crippen molar-refractivity contribution < 1.29 is 14.3 Å². The normalized spacial score (nSPS) is 13.7. The number of carbonyl (C=O) groups is 1. The minimum Gasteiger partial charge on any atom is -0.480 e. The van der Waals surface area contributed by atoms with Crippen LogP contribution in [0.4, 0.5) is 0 Å². The molecule has 21 heavy (non-hydrogen) atoms. The summed E-state index contributed by atoms with van der Waals surface area (Å²) in [6, 6.07) is 11.8. The summed E-state index contributed by atoms with van der Waals surface area (Å²) in [5, 5.41) is 2.05. The van der Waals surface area contributed by atoms with Gasteiger partial charge in [0.1, 0.15) is 19.0 Å². The standard InChI is InChI=1S/C18H16O3/c1-2-11-20-17-15(12-21-18(19)14-8-9-14)10-7-13-5-3-4-6-16(13)17/h1,3-7,10,14H,8-9,11-12H2. The van der Waals surface area contributed by atoms with E-state index in [0.717, 1.165) is 29.2 Å². The lowest BCUT2D eigenvalue weighted by Gasteiger charge is -2.13. The van der Waals surface area contributed by atoms with Gasteiger partial charge in [-0.05, 0) is 18.2 Å². The van der Waals surface area contributed by atoms with Crippen molar-refractivity contribution in [2.45, 2.75) is 19.4 Å². The Morgan fingerprint density at radius 2 is 2.05 bits per heavy atom. The lowest BCUT2D eigenvalue weighted by Crippen LogP contribution is -2.08. The molecule has 0 radical (unpaired) electrons. The van der Waals surface area contributed by atoms with Crippen LogP contribution in [-0.2, 0) is 16.1 Å². The summed E-state index contributed by atoms with van der Waals surface area (Å²) >= 11 is 0. The average Bonchev–Trinajstić information content (AvgIpc) is 3.35. The zero-order valence-electron chi connectivity index (χ0n) is 11.7. The van der Waals surface area contributed by atoms with E-state index in [1.54, 1.807) is 0 Å². The molecular weight excluding hydrogens is 264 g/mol. The highest BCUT2D eigenvalue weighted by Gasteiger charge is 2.31. The molecule has 0 atom stereocenters. The van der Waals surface area contributed by atoms with Crippen LogP contribution in [-0.4, -0.2) is 12.6 Å². The molecule has 0 saturated heterocycles. The molecule has 0 amide bonds. The second-order valence-electron chi connectivity index (χ2n) is 5.15. The van der Waals surface area contributed by atoms with Gasteiger partial charge in [0.25, 0.3) is 0 Å². The van der Waals surface area contributed by atoms with Gasteiger partial charge in [-0.25, -0.2) is 0 Å². The van der Waals surface area contributed by atoms with Crippen molar-refractivity contribution in [3.8, 4) is 18.1 Å². The van der Waals surface area contributed by atoms with Crippen molar-refractivity contribution in [2.24, 2.45) is 5.92 Å². The maximum Gasteiger partial charge on any atom is 0.309 e. The van der Waals surface area contributed by atoms with Crippen molar-refractivity contribution >= 4 is 16.7 Å². The van der Waals surface area contributed by atoms with Gasteiger partial charge in [0.15, 0.2) is 0 Å². The molecule has 0 heterocycles. The zero-order valence-corrected chi connectivity index (χ0v) is 11.7. The van der Waals surface area contributed by atoms with Crippen LogP contribution in [0.15, 0.2) is 36.4 Å². The minimum atomic E-state index is -0.119. The number of fused-ring (bicyclic) bond motifs is 1. The molecule has 0 spiro atoms. The smallest absolute Gasteiger partial charge is 0.309 e. The van der Waals surface area contributed by atoms with Gasteiger partial charge >= 0.3 is 5.97 Å². The summed E-state index contributed by atoms with van der Waals surface area (Å²) in [6.45, 7) is 0.414. The lowest BCUT2D eigenvalue weighted by atomic mass is 10.1. The monoisotopic (exact) mass is 280 g/mol. The number of hydrogen-bond acceptors (Lipinski definition) is 3. The van der Waals surface area contributed by atoms with Crippen molar-refractivity contribution in [2.75, 3.05) is 6.61 Å². The van der Waals surface area contributed by atoms with Crippen LogP contribution in [0.3, 0.4) is 0 Å². The molecule has 2 aromatic rings. The van der Waals surface area contributed by atoms with Gasteiger partial charge in [-0.15, -0.1) is 6.42 Å². The Morgan fingerprint density at radius 3 is 2.81 bits per heavy atom. The molecule has 0 N–H and O–H groups in total. The number of ether oxygens (including phenoxy) is 2. The summed E-state index contributed by atoms with van der Waals surface area (Å²) in [7, 11) is 0. The Morgan fingerprint density at radius 1 is 1.24 bits per heavy atom. The number of carbonyl (C=O) groups excluding carboxylic acids is 1. The fourth-order valence-electron chi connectivity index (χ4n) is 2.27. The first-order valence-corrected chi connectivity index (χ1v) is 7.03. The molecule has 1 aliphatic rings. The molecule has 0 unspecified atom stereocenters. The molecule has 3 nitrogen and oxygen atoms in total. The Hall–Kier alpha value is -2.47.